The van der Waals surface area contributed by atoms with E-state index in [4.69, 9.17) is 0 Å². The lowest BCUT2D eigenvalue weighted by atomic mass is 9.74. The number of aryl methyl sites for hydroxylation is 2. The number of hydrogen-bond acceptors (Lipinski definition) is 3. The molecule has 3 heteroatoms. The van der Waals surface area contributed by atoms with Crippen LogP contribution in [0.25, 0.3) is 0 Å². The second kappa shape index (κ2) is 6.20. The zero-order valence-corrected chi connectivity index (χ0v) is 14.0. The van der Waals surface area contributed by atoms with Crippen LogP contribution in [-0.2, 0) is 12.0 Å². The van der Waals surface area contributed by atoms with Crippen molar-refractivity contribution in [2.75, 3.05) is 0 Å². The van der Waals surface area contributed by atoms with Crippen LogP contribution in [0.4, 0.5) is 0 Å². The molecule has 0 unspecified atom stereocenters. The molecule has 0 atom stereocenters. The van der Waals surface area contributed by atoms with Crippen molar-refractivity contribution in [2.45, 2.75) is 52.6 Å². The smallest absolute Gasteiger partial charge is 0.118 e. The predicted molar refractivity (Wildman–Crippen MR) is 89.2 cm³/mol. The van der Waals surface area contributed by atoms with Gasteiger partial charge in [0.15, 0.2) is 0 Å². The summed E-state index contributed by atoms with van der Waals surface area (Å²) >= 11 is 1.71. The van der Waals surface area contributed by atoms with E-state index in [1.54, 1.807) is 17.4 Å². The van der Waals surface area contributed by atoms with Crippen LogP contribution < -0.4 is 0 Å². The standard InChI is InChI=1S/C18H24O2S/c1-5-18(6-2,14-7-8-15(20)12(3)9-14)17-10-13(4)16(11-19)21-17/h7-10,19-20H,5-6,11H2,1-4H3. The predicted octanol–water partition coefficient (Wildman–Crippen LogP) is 4.67. The molecule has 0 saturated carbocycles. The summed E-state index contributed by atoms with van der Waals surface area (Å²) in [5.74, 6) is 0.346. The first-order chi connectivity index (χ1) is 9.98. The molecule has 0 aliphatic carbocycles. The molecule has 2 N–H and O–H groups in total. The minimum absolute atomic E-state index is 0.0404. The van der Waals surface area contributed by atoms with Crippen molar-refractivity contribution in [1.29, 1.82) is 0 Å². The van der Waals surface area contributed by atoms with Gasteiger partial charge in [-0.05, 0) is 55.5 Å². The van der Waals surface area contributed by atoms with Gasteiger partial charge in [-0.2, -0.15) is 0 Å². The van der Waals surface area contributed by atoms with E-state index in [0.717, 1.165) is 23.3 Å². The quantitative estimate of drug-likeness (QED) is 0.842. The highest BCUT2D eigenvalue weighted by molar-refractivity contribution is 7.12. The number of benzene rings is 1. The van der Waals surface area contributed by atoms with Crippen LogP contribution in [0.1, 0.15) is 53.1 Å². The Morgan fingerprint density at radius 2 is 1.71 bits per heavy atom. The lowest BCUT2D eigenvalue weighted by molar-refractivity contribution is 0.285. The summed E-state index contributed by atoms with van der Waals surface area (Å²) in [5, 5.41) is 19.3. The summed E-state index contributed by atoms with van der Waals surface area (Å²) in [6, 6.07) is 8.13. The second-order valence-corrected chi connectivity index (χ2v) is 6.80. The van der Waals surface area contributed by atoms with Crippen LogP contribution in [0.3, 0.4) is 0 Å². The molecule has 0 bridgehead atoms. The first kappa shape index (κ1) is 16.1. The SMILES string of the molecule is CCC(CC)(c1ccc(O)c(C)c1)c1cc(C)c(CO)s1. The van der Waals surface area contributed by atoms with Gasteiger partial charge in [-0.1, -0.05) is 26.0 Å². The van der Waals surface area contributed by atoms with E-state index >= 15 is 0 Å². The number of thiophene rings is 1. The van der Waals surface area contributed by atoms with Crippen molar-refractivity contribution in [2.24, 2.45) is 0 Å². The molecule has 2 aromatic rings. The fraction of sp³-hybridized carbons (Fsp3) is 0.444. The third-order valence-corrected chi connectivity index (χ3v) is 6.02. The molecule has 0 fully saturated rings. The number of phenolic OH excluding ortho intramolecular Hbond substituents is 1. The van der Waals surface area contributed by atoms with E-state index in [-0.39, 0.29) is 12.0 Å². The first-order valence-corrected chi connectivity index (χ1v) is 8.30. The molecule has 0 aliphatic rings. The number of aliphatic hydroxyl groups is 1. The number of aliphatic hydroxyl groups excluding tert-OH is 1. The van der Waals surface area contributed by atoms with Crippen LogP contribution in [-0.4, -0.2) is 10.2 Å². The fourth-order valence-corrected chi connectivity index (χ4v) is 4.40. The third kappa shape index (κ3) is 2.72. The largest absolute Gasteiger partial charge is 0.508 e. The van der Waals surface area contributed by atoms with Crippen molar-refractivity contribution < 1.29 is 10.2 Å². The molecule has 1 aromatic carbocycles. The molecular formula is C18H24O2S. The van der Waals surface area contributed by atoms with Gasteiger partial charge in [0, 0.05) is 15.2 Å². The van der Waals surface area contributed by atoms with Crippen molar-refractivity contribution >= 4 is 11.3 Å². The molecule has 2 rings (SSSR count). The summed E-state index contributed by atoms with van der Waals surface area (Å²) in [5.41, 5.74) is 3.28. The Balaban J connectivity index is 2.60. The van der Waals surface area contributed by atoms with Crippen LogP contribution in [0, 0.1) is 13.8 Å². The molecule has 114 valence electrons. The molecule has 1 aromatic heterocycles. The van der Waals surface area contributed by atoms with Crippen LogP contribution in [0.15, 0.2) is 24.3 Å². The van der Waals surface area contributed by atoms with Gasteiger partial charge in [-0.3, -0.25) is 0 Å². The average molecular weight is 304 g/mol. The molecule has 0 aliphatic heterocycles. The third-order valence-electron chi connectivity index (χ3n) is 4.59. The van der Waals surface area contributed by atoms with Gasteiger partial charge >= 0.3 is 0 Å². The van der Waals surface area contributed by atoms with E-state index in [9.17, 15) is 10.2 Å². The minimum atomic E-state index is -0.0404. The Morgan fingerprint density at radius 1 is 1.05 bits per heavy atom. The Labute approximate surface area is 131 Å². The zero-order valence-electron chi connectivity index (χ0n) is 13.2. The molecule has 0 amide bonds. The lowest BCUT2D eigenvalue weighted by Gasteiger charge is -2.32. The van der Waals surface area contributed by atoms with Gasteiger partial charge in [0.05, 0.1) is 6.61 Å². The van der Waals surface area contributed by atoms with Gasteiger partial charge < -0.3 is 10.2 Å². The Kier molecular flexibility index (Phi) is 4.74. The summed E-state index contributed by atoms with van der Waals surface area (Å²) in [4.78, 5) is 2.35. The van der Waals surface area contributed by atoms with Gasteiger partial charge in [-0.15, -0.1) is 11.3 Å². The highest BCUT2D eigenvalue weighted by Gasteiger charge is 2.33. The molecule has 2 nitrogen and oxygen atoms in total. The van der Waals surface area contributed by atoms with E-state index < -0.39 is 0 Å². The van der Waals surface area contributed by atoms with Crippen LogP contribution >= 0.6 is 11.3 Å². The molecule has 0 saturated heterocycles. The monoisotopic (exact) mass is 304 g/mol. The average Bonchev–Trinajstić information content (AvgIpc) is 2.86. The number of phenols is 1. The highest BCUT2D eigenvalue weighted by Crippen LogP contribution is 2.44. The Hall–Kier alpha value is -1.32. The number of rotatable bonds is 5. The second-order valence-electron chi connectivity index (χ2n) is 5.67. The normalized spacial score (nSPS) is 11.9. The maximum atomic E-state index is 9.78. The van der Waals surface area contributed by atoms with Gasteiger partial charge in [0.2, 0.25) is 0 Å². The van der Waals surface area contributed by atoms with Crippen molar-refractivity contribution in [3.63, 3.8) is 0 Å². The first-order valence-electron chi connectivity index (χ1n) is 7.49. The summed E-state index contributed by atoms with van der Waals surface area (Å²) in [6.07, 6.45) is 2.00. The topological polar surface area (TPSA) is 40.5 Å². The minimum Gasteiger partial charge on any atom is -0.508 e. The summed E-state index contributed by atoms with van der Waals surface area (Å²) in [7, 11) is 0. The van der Waals surface area contributed by atoms with Crippen molar-refractivity contribution in [1.82, 2.24) is 0 Å². The van der Waals surface area contributed by atoms with E-state index in [0.29, 0.717) is 5.75 Å². The number of hydrogen-bond donors (Lipinski definition) is 2. The van der Waals surface area contributed by atoms with Gasteiger partial charge in [0.25, 0.3) is 0 Å². The van der Waals surface area contributed by atoms with E-state index in [1.165, 1.54) is 16.0 Å². The summed E-state index contributed by atoms with van der Waals surface area (Å²) < 4.78 is 0. The van der Waals surface area contributed by atoms with Crippen LogP contribution in [0.5, 0.6) is 5.75 Å². The van der Waals surface area contributed by atoms with Crippen molar-refractivity contribution in [3.8, 4) is 5.75 Å². The Morgan fingerprint density at radius 3 is 2.19 bits per heavy atom. The number of aromatic hydroxyl groups is 1. The van der Waals surface area contributed by atoms with Gasteiger partial charge in [-0.25, -0.2) is 0 Å². The molecule has 0 spiro atoms. The maximum Gasteiger partial charge on any atom is 0.118 e. The Bertz CT molecular complexity index is 624. The van der Waals surface area contributed by atoms with E-state index in [2.05, 4.69) is 32.9 Å². The zero-order chi connectivity index (χ0) is 15.6. The maximum absolute atomic E-state index is 9.78. The molecule has 1 heterocycles. The van der Waals surface area contributed by atoms with Gasteiger partial charge in [0.1, 0.15) is 5.75 Å². The lowest BCUT2D eigenvalue weighted by Crippen LogP contribution is -2.24. The van der Waals surface area contributed by atoms with E-state index in [1.807, 2.05) is 13.0 Å². The van der Waals surface area contributed by atoms with Crippen LogP contribution in [0.2, 0.25) is 0 Å². The fourth-order valence-electron chi connectivity index (χ4n) is 3.01. The highest BCUT2D eigenvalue weighted by atomic mass is 32.1. The molecule has 21 heavy (non-hydrogen) atoms. The van der Waals surface area contributed by atoms with Crippen molar-refractivity contribution in [3.05, 3.63) is 50.7 Å². The molecule has 0 radical (unpaired) electrons. The molecular weight excluding hydrogens is 280 g/mol. The summed E-state index contributed by atoms with van der Waals surface area (Å²) in [6.45, 7) is 8.52.